The summed E-state index contributed by atoms with van der Waals surface area (Å²) in [5.74, 6) is -0.121. The molecule has 1 rings (SSSR count). The molecule has 1 aromatic rings. The third kappa shape index (κ3) is 8.04. The van der Waals surface area contributed by atoms with E-state index in [1.54, 1.807) is 7.11 Å². The molecule has 0 aliphatic rings. The van der Waals surface area contributed by atoms with Crippen LogP contribution in [0.1, 0.15) is 17.0 Å². The van der Waals surface area contributed by atoms with E-state index < -0.39 is 12.8 Å². The number of rotatable bonds is 9. The van der Waals surface area contributed by atoms with Gasteiger partial charge in [0.25, 0.3) is 0 Å². The molecule has 0 spiro atoms. The van der Waals surface area contributed by atoms with Crippen LogP contribution in [0.5, 0.6) is 0 Å². The maximum atomic E-state index is 12.2. The van der Waals surface area contributed by atoms with E-state index in [1.807, 2.05) is 31.2 Å². The van der Waals surface area contributed by atoms with Crippen molar-refractivity contribution in [1.82, 2.24) is 5.32 Å². The fourth-order valence-corrected chi connectivity index (χ4v) is 1.88. The van der Waals surface area contributed by atoms with Crippen molar-refractivity contribution in [2.24, 2.45) is 0 Å². The van der Waals surface area contributed by atoms with Crippen LogP contribution in [0.25, 0.3) is 0 Å². The number of aryl methyl sites for hydroxylation is 1. The fraction of sp³-hybridized carbons (Fsp3) is 0.600. The van der Waals surface area contributed by atoms with Crippen LogP contribution in [-0.4, -0.2) is 46.2 Å². The summed E-state index contributed by atoms with van der Waals surface area (Å²) < 4.78 is 46.2. The Balaban J connectivity index is 2.54. The summed E-state index contributed by atoms with van der Waals surface area (Å²) >= 11 is 0. The number of hydrogen-bond donors (Lipinski definition) is 1. The number of nitrogens with one attached hydrogen (secondary N) is 1. The Labute approximate surface area is 123 Å². The van der Waals surface area contributed by atoms with Crippen molar-refractivity contribution in [2.45, 2.75) is 19.0 Å². The molecular weight excluding hydrogens is 283 g/mol. The lowest BCUT2D eigenvalue weighted by Gasteiger charge is -2.19. The molecule has 0 bridgehead atoms. The van der Waals surface area contributed by atoms with Gasteiger partial charge in [-0.3, -0.25) is 0 Å². The van der Waals surface area contributed by atoms with Crippen molar-refractivity contribution < 1.29 is 22.6 Å². The molecule has 0 aliphatic carbocycles. The van der Waals surface area contributed by atoms with E-state index in [-0.39, 0.29) is 12.5 Å². The Morgan fingerprint density at radius 1 is 1.19 bits per heavy atom. The summed E-state index contributed by atoms with van der Waals surface area (Å²) in [6.07, 6.45) is -4.29. The molecule has 120 valence electrons. The number of hydrogen-bond acceptors (Lipinski definition) is 3. The molecule has 1 aromatic carbocycles. The molecule has 6 heteroatoms. The third-order valence-electron chi connectivity index (χ3n) is 3.01. The largest absolute Gasteiger partial charge is 0.411 e. The molecule has 0 aliphatic heterocycles. The molecular formula is C15H22F3NO2. The maximum Gasteiger partial charge on any atom is 0.411 e. The molecule has 1 N–H and O–H groups in total. The predicted octanol–water partition coefficient (Wildman–Crippen LogP) is 2.89. The lowest BCUT2D eigenvalue weighted by molar-refractivity contribution is -0.174. The van der Waals surface area contributed by atoms with Crippen LogP contribution in [0.2, 0.25) is 0 Å². The van der Waals surface area contributed by atoms with Crippen molar-refractivity contribution in [3.63, 3.8) is 0 Å². The summed E-state index contributed by atoms with van der Waals surface area (Å²) in [5, 5.41) is 3.16. The second kappa shape index (κ2) is 9.02. The predicted molar refractivity (Wildman–Crippen MR) is 75.5 cm³/mol. The fourth-order valence-electron chi connectivity index (χ4n) is 1.88. The zero-order chi connectivity index (χ0) is 15.7. The zero-order valence-corrected chi connectivity index (χ0v) is 12.4. The Hall–Kier alpha value is -1.11. The standard InChI is InChI=1S/C15H22F3NO2/c1-12-3-5-13(6-4-12)14(9-19-7-8-20-2)10-21-11-15(16,17)18/h3-6,14,19H,7-11H2,1-2H3. The summed E-state index contributed by atoms with van der Waals surface area (Å²) in [6.45, 7) is 2.54. The highest BCUT2D eigenvalue weighted by molar-refractivity contribution is 5.24. The number of methoxy groups -OCH3 is 1. The lowest BCUT2D eigenvalue weighted by atomic mass is 9.99. The maximum absolute atomic E-state index is 12.2. The first-order chi connectivity index (χ1) is 9.92. The van der Waals surface area contributed by atoms with Crippen LogP contribution in [0.3, 0.4) is 0 Å². The second-order valence-electron chi connectivity index (χ2n) is 4.93. The SMILES string of the molecule is COCCNCC(COCC(F)(F)F)c1ccc(C)cc1. The molecule has 0 radical (unpaired) electrons. The van der Waals surface area contributed by atoms with Crippen LogP contribution in [0.4, 0.5) is 13.2 Å². The van der Waals surface area contributed by atoms with Crippen molar-refractivity contribution in [1.29, 1.82) is 0 Å². The first-order valence-electron chi connectivity index (χ1n) is 6.83. The first kappa shape index (κ1) is 17.9. The highest BCUT2D eigenvalue weighted by atomic mass is 19.4. The molecule has 0 fully saturated rings. The Morgan fingerprint density at radius 3 is 2.43 bits per heavy atom. The van der Waals surface area contributed by atoms with Crippen LogP contribution >= 0.6 is 0 Å². The van der Waals surface area contributed by atoms with Gasteiger partial charge in [0, 0.05) is 26.1 Å². The van der Waals surface area contributed by atoms with E-state index in [0.29, 0.717) is 19.7 Å². The molecule has 21 heavy (non-hydrogen) atoms. The van der Waals surface area contributed by atoms with Gasteiger partial charge in [-0.1, -0.05) is 29.8 Å². The smallest absolute Gasteiger partial charge is 0.383 e. The van der Waals surface area contributed by atoms with Crippen molar-refractivity contribution in [3.8, 4) is 0 Å². The highest BCUT2D eigenvalue weighted by Gasteiger charge is 2.28. The Morgan fingerprint density at radius 2 is 1.86 bits per heavy atom. The van der Waals surface area contributed by atoms with Crippen LogP contribution in [-0.2, 0) is 9.47 Å². The van der Waals surface area contributed by atoms with Gasteiger partial charge in [0.1, 0.15) is 6.61 Å². The van der Waals surface area contributed by atoms with Gasteiger partial charge >= 0.3 is 6.18 Å². The van der Waals surface area contributed by atoms with Gasteiger partial charge in [-0.15, -0.1) is 0 Å². The summed E-state index contributed by atoms with van der Waals surface area (Å²) in [7, 11) is 1.60. The van der Waals surface area contributed by atoms with Crippen LogP contribution in [0, 0.1) is 6.92 Å². The molecule has 0 saturated carbocycles. The number of benzene rings is 1. The minimum absolute atomic E-state index is 0.0303. The highest BCUT2D eigenvalue weighted by Crippen LogP contribution is 2.19. The zero-order valence-electron chi connectivity index (χ0n) is 12.4. The van der Waals surface area contributed by atoms with E-state index in [1.165, 1.54) is 0 Å². The van der Waals surface area contributed by atoms with Crippen molar-refractivity contribution in [2.75, 3.05) is 40.0 Å². The van der Waals surface area contributed by atoms with Crippen LogP contribution in [0.15, 0.2) is 24.3 Å². The van der Waals surface area contributed by atoms with E-state index in [9.17, 15) is 13.2 Å². The van der Waals surface area contributed by atoms with Gasteiger partial charge in [-0.05, 0) is 12.5 Å². The minimum Gasteiger partial charge on any atom is -0.383 e. The van der Waals surface area contributed by atoms with Gasteiger partial charge in [-0.25, -0.2) is 0 Å². The third-order valence-corrected chi connectivity index (χ3v) is 3.01. The molecule has 0 aromatic heterocycles. The van der Waals surface area contributed by atoms with Gasteiger partial charge in [0.15, 0.2) is 0 Å². The second-order valence-corrected chi connectivity index (χ2v) is 4.93. The molecule has 1 atom stereocenters. The number of halogens is 3. The Bertz CT molecular complexity index is 393. The van der Waals surface area contributed by atoms with Crippen molar-refractivity contribution >= 4 is 0 Å². The van der Waals surface area contributed by atoms with E-state index in [2.05, 4.69) is 5.32 Å². The quantitative estimate of drug-likeness (QED) is 0.712. The van der Waals surface area contributed by atoms with E-state index >= 15 is 0 Å². The van der Waals surface area contributed by atoms with Crippen molar-refractivity contribution in [3.05, 3.63) is 35.4 Å². The van der Waals surface area contributed by atoms with Gasteiger partial charge < -0.3 is 14.8 Å². The lowest BCUT2D eigenvalue weighted by Crippen LogP contribution is -2.28. The molecule has 0 saturated heterocycles. The van der Waals surface area contributed by atoms with E-state index in [4.69, 9.17) is 9.47 Å². The van der Waals surface area contributed by atoms with E-state index in [0.717, 1.165) is 11.1 Å². The van der Waals surface area contributed by atoms with Gasteiger partial charge in [0.2, 0.25) is 0 Å². The Kier molecular flexibility index (Phi) is 7.71. The summed E-state index contributed by atoms with van der Waals surface area (Å²) in [5.41, 5.74) is 2.08. The first-order valence-corrected chi connectivity index (χ1v) is 6.83. The average molecular weight is 305 g/mol. The van der Waals surface area contributed by atoms with Gasteiger partial charge in [-0.2, -0.15) is 13.2 Å². The van der Waals surface area contributed by atoms with Gasteiger partial charge in [0.05, 0.1) is 13.2 Å². The molecule has 1 unspecified atom stereocenters. The number of alkyl halides is 3. The summed E-state index contributed by atoms with van der Waals surface area (Å²) in [4.78, 5) is 0. The topological polar surface area (TPSA) is 30.5 Å². The number of ether oxygens (including phenoxy) is 2. The van der Waals surface area contributed by atoms with Crippen LogP contribution < -0.4 is 5.32 Å². The molecule has 3 nitrogen and oxygen atoms in total. The minimum atomic E-state index is -4.29. The molecule has 0 heterocycles. The normalized spacial score (nSPS) is 13.4. The summed E-state index contributed by atoms with van der Waals surface area (Å²) in [6, 6.07) is 7.74. The molecule has 0 amide bonds. The average Bonchev–Trinajstić information content (AvgIpc) is 2.41. The monoisotopic (exact) mass is 305 g/mol.